The van der Waals surface area contributed by atoms with E-state index in [0.29, 0.717) is 10.1 Å². The van der Waals surface area contributed by atoms with Crippen LogP contribution in [-0.4, -0.2) is 16.1 Å². The third-order valence-electron chi connectivity index (χ3n) is 9.83. The van der Waals surface area contributed by atoms with Crippen LogP contribution >= 0.6 is 68.0 Å². The predicted molar refractivity (Wildman–Crippen MR) is 215 cm³/mol. The van der Waals surface area contributed by atoms with Crippen LogP contribution in [0, 0.1) is 0 Å². The van der Waals surface area contributed by atoms with Crippen molar-refractivity contribution in [2.45, 2.75) is 77.8 Å². The summed E-state index contributed by atoms with van der Waals surface area (Å²) in [6, 6.07) is 28.0. The van der Waals surface area contributed by atoms with Gasteiger partial charge in [0.25, 0.3) is 0 Å². The fourth-order valence-electron chi connectivity index (χ4n) is 4.76. The average molecular weight is 723 g/mol. The summed E-state index contributed by atoms with van der Waals surface area (Å²) in [6.45, 7) is 24.5. The van der Waals surface area contributed by atoms with Crippen LogP contribution < -0.4 is 9.00 Å². The highest BCUT2D eigenvalue weighted by atomic mass is 32.1. The van der Waals surface area contributed by atoms with Crippen LogP contribution in [0.15, 0.2) is 72.8 Å². The first-order valence-corrected chi connectivity index (χ1v) is 26.1. The van der Waals surface area contributed by atoms with Crippen molar-refractivity contribution in [1.82, 2.24) is 0 Å². The van der Waals surface area contributed by atoms with E-state index in [9.17, 15) is 0 Å². The summed E-state index contributed by atoms with van der Waals surface area (Å²) in [7, 11) is -3.01. The number of rotatable bonds is 7. The molecule has 0 aliphatic rings. The van der Waals surface area contributed by atoms with E-state index in [1.54, 1.807) is 9.00 Å². The summed E-state index contributed by atoms with van der Waals surface area (Å²) in [5, 5.41) is 0.713. The Morgan fingerprint density at radius 2 is 0.500 bits per heavy atom. The first-order chi connectivity index (χ1) is 20.5. The molecule has 0 aromatic carbocycles. The Labute approximate surface area is 290 Å². The molecule has 6 heterocycles. The van der Waals surface area contributed by atoms with Crippen molar-refractivity contribution in [3.63, 3.8) is 0 Å². The van der Waals surface area contributed by atoms with E-state index in [1.165, 1.54) is 48.8 Å². The zero-order valence-electron chi connectivity index (χ0n) is 27.4. The molecule has 0 unspecified atom stereocenters. The van der Waals surface area contributed by atoms with Gasteiger partial charge in [-0.05, 0) is 79.7 Å². The molecule has 6 rings (SSSR count). The molecule has 0 nitrogen and oxygen atoms in total. The van der Waals surface area contributed by atoms with Gasteiger partial charge in [0.05, 0.1) is 16.1 Å². The first-order valence-electron chi connectivity index (χ1n) is 15.2. The molecule has 6 aromatic rings. The molecule has 0 saturated carbocycles. The molecule has 0 amide bonds. The zero-order valence-corrected chi connectivity index (χ0v) is 34.3. The molecule has 0 spiro atoms. The molecule has 44 heavy (non-hydrogen) atoms. The third kappa shape index (κ3) is 6.06. The number of hydrogen-bond donors (Lipinski definition) is 0. The lowest BCUT2D eigenvalue weighted by molar-refractivity contribution is 0.730. The van der Waals surface area contributed by atoms with E-state index in [0.717, 1.165) is 0 Å². The van der Waals surface area contributed by atoms with Gasteiger partial charge in [0.1, 0.15) is 0 Å². The van der Waals surface area contributed by atoms with Gasteiger partial charge in [-0.15, -0.1) is 68.0 Å². The van der Waals surface area contributed by atoms with Crippen molar-refractivity contribution in [2.75, 3.05) is 0 Å². The van der Waals surface area contributed by atoms with Crippen molar-refractivity contribution in [3.05, 3.63) is 72.8 Å². The third-order valence-corrected chi connectivity index (χ3v) is 30.9. The standard InChI is InChI=1S/C36H42S6Si2/c1-35(2,3)43(7,8)33-21-19-31(41-33)29-17-15-27(39-29)25-13-11-23(37-25)24-12-14-26(38-24)28-16-18-30(40-28)32-20-22-34(42-32)44(9,10)36(4,5)6/h11-22H,1-10H3. The summed E-state index contributed by atoms with van der Waals surface area (Å²) < 4.78 is 3.21. The Kier molecular flexibility index (Phi) is 8.66. The highest BCUT2D eigenvalue weighted by Gasteiger charge is 2.39. The van der Waals surface area contributed by atoms with Crippen LogP contribution in [0.1, 0.15) is 41.5 Å². The molecule has 230 valence electrons. The maximum absolute atomic E-state index is 2.51. The summed E-state index contributed by atoms with van der Waals surface area (Å²) in [5.41, 5.74) is 0. The number of thiophene rings is 6. The van der Waals surface area contributed by atoms with Crippen LogP contribution in [0.4, 0.5) is 0 Å². The molecule has 6 aromatic heterocycles. The Bertz CT molecular complexity index is 1760. The van der Waals surface area contributed by atoms with Crippen molar-refractivity contribution >= 4 is 93.2 Å². The van der Waals surface area contributed by atoms with E-state index in [1.807, 2.05) is 68.0 Å². The maximum atomic E-state index is 2.51. The minimum atomic E-state index is -1.51. The second-order valence-electron chi connectivity index (χ2n) is 14.7. The molecule has 0 aliphatic carbocycles. The largest absolute Gasteiger partial charge is 0.144 e. The molecule has 0 radical (unpaired) electrons. The highest BCUT2D eigenvalue weighted by molar-refractivity contribution is 7.34. The van der Waals surface area contributed by atoms with Gasteiger partial charge < -0.3 is 0 Å². The van der Waals surface area contributed by atoms with Gasteiger partial charge in [-0.2, -0.15) is 0 Å². The minimum Gasteiger partial charge on any atom is -0.144 e. The average Bonchev–Trinajstić information content (AvgIpc) is 3.76. The predicted octanol–water partition coefficient (Wildman–Crippen LogP) is 13.8. The van der Waals surface area contributed by atoms with Gasteiger partial charge in [0.15, 0.2) is 0 Å². The van der Waals surface area contributed by atoms with Crippen LogP contribution in [0.3, 0.4) is 0 Å². The van der Waals surface area contributed by atoms with Crippen molar-refractivity contribution < 1.29 is 0 Å². The summed E-state index contributed by atoms with van der Waals surface area (Å²) >= 11 is 11.7. The van der Waals surface area contributed by atoms with E-state index >= 15 is 0 Å². The quantitative estimate of drug-likeness (QED) is 0.144. The lowest BCUT2D eigenvalue weighted by atomic mass is 10.2. The Morgan fingerprint density at radius 1 is 0.318 bits per heavy atom. The summed E-state index contributed by atoms with van der Waals surface area (Å²) in [6.07, 6.45) is 0. The summed E-state index contributed by atoms with van der Waals surface area (Å²) in [4.78, 5) is 13.8. The van der Waals surface area contributed by atoms with Gasteiger partial charge in [-0.3, -0.25) is 0 Å². The molecule has 0 atom stereocenters. The van der Waals surface area contributed by atoms with Crippen molar-refractivity contribution in [1.29, 1.82) is 0 Å². The van der Waals surface area contributed by atoms with Gasteiger partial charge in [0, 0.05) is 48.8 Å². The molecule has 0 N–H and O–H groups in total. The second-order valence-corrected chi connectivity index (χ2v) is 32.5. The Balaban J connectivity index is 1.18. The van der Waals surface area contributed by atoms with E-state index in [2.05, 4.69) is 141 Å². The van der Waals surface area contributed by atoms with Gasteiger partial charge in [-0.25, -0.2) is 0 Å². The maximum Gasteiger partial charge on any atom is 0.0987 e. The molecular formula is C36H42S6Si2. The van der Waals surface area contributed by atoms with Crippen LogP contribution in [0.5, 0.6) is 0 Å². The summed E-state index contributed by atoms with van der Waals surface area (Å²) in [5.74, 6) is 0. The molecule has 8 heteroatoms. The second kappa shape index (κ2) is 11.7. The molecular weight excluding hydrogens is 681 g/mol. The smallest absolute Gasteiger partial charge is 0.0987 e. The first kappa shape index (κ1) is 32.6. The zero-order chi connectivity index (χ0) is 31.7. The van der Waals surface area contributed by atoms with Crippen LogP contribution in [0.25, 0.3) is 48.8 Å². The SMILES string of the molecule is CC(C)(C)[Si](C)(C)c1ccc(-c2ccc(-c3ccc(-c4ccc(-c5ccc(-c6ccc([Si](C)(C)C(C)(C)C)s6)s5)s4)s3)s2)s1. The molecule has 0 fully saturated rings. The van der Waals surface area contributed by atoms with Crippen molar-refractivity contribution in [3.8, 4) is 48.8 Å². The molecule has 0 bridgehead atoms. The Hall–Kier alpha value is -1.37. The minimum absolute atomic E-state index is 0.356. The van der Waals surface area contributed by atoms with Gasteiger partial charge >= 0.3 is 0 Å². The fourth-order valence-corrected chi connectivity index (χ4v) is 17.8. The monoisotopic (exact) mass is 722 g/mol. The molecule has 0 aliphatic heterocycles. The van der Waals surface area contributed by atoms with Crippen molar-refractivity contribution in [2.24, 2.45) is 0 Å². The van der Waals surface area contributed by atoms with Gasteiger partial charge in [0.2, 0.25) is 0 Å². The van der Waals surface area contributed by atoms with Crippen LogP contribution in [0.2, 0.25) is 36.3 Å². The van der Waals surface area contributed by atoms with E-state index in [-0.39, 0.29) is 0 Å². The topological polar surface area (TPSA) is 0 Å². The lowest BCUT2D eigenvalue weighted by Crippen LogP contribution is -2.47. The normalized spacial score (nSPS) is 13.2. The lowest BCUT2D eigenvalue weighted by Gasteiger charge is -2.35. The molecule has 0 saturated heterocycles. The Morgan fingerprint density at radius 3 is 0.705 bits per heavy atom. The van der Waals surface area contributed by atoms with E-state index in [4.69, 9.17) is 0 Å². The number of hydrogen-bond acceptors (Lipinski definition) is 6. The van der Waals surface area contributed by atoms with Gasteiger partial charge in [-0.1, -0.05) is 79.9 Å². The fraction of sp³-hybridized carbons (Fsp3) is 0.333. The van der Waals surface area contributed by atoms with E-state index < -0.39 is 16.1 Å². The highest BCUT2D eigenvalue weighted by Crippen LogP contribution is 2.46. The van der Waals surface area contributed by atoms with Crippen LogP contribution in [-0.2, 0) is 0 Å².